The van der Waals surface area contributed by atoms with Gasteiger partial charge in [-0.25, -0.2) is 0 Å². The molecule has 12 heavy (non-hydrogen) atoms. The highest BCUT2D eigenvalue weighted by molar-refractivity contribution is 5.38. The summed E-state index contributed by atoms with van der Waals surface area (Å²) in [5, 5.41) is 9.91. The molecule has 1 spiro atoms. The van der Waals surface area contributed by atoms with Crippen molar-refractivity contribution in [2.75, 3.05) is 0 Å². The van der Waals surface area contributed by atoms with Crippen LogP contribution >= 0.6 is 0 Å². The van der Waals surface area contributed by atoms with Crippen LogP contribution in [0.3, 0.4) is 0 Å². The zero-order valence-corrected chi connectivity index (χ0v) is 7.84. The Morgan fingerprint density at radius 3 is 2.83 bits per heavy atom. The summed E-state index contributed by atoms with van der Waals surface area (Å²) in [5.74, 6) is 0.632. The third-order valence-corrected chi connectivity index (χ3v) is 3.88. The summed E-state index contributed by atoms with van der Waals surface area (Å²) in [5.41, 5.74) is 1.50. The number of hydrogen-bond acceptors (Lipinski definition) is 1. The van der Waals surface area contributed by atoms with Crippen LogP contribution in [0.1, 0.15) is 39.0 Å². The fraction of sp³-hybridized carbons (Fsp3) is 0.818. The molecule has 0 aromatic rings. The van der Waals surface area contributed by atoms with Gasteiger partial charge in [0.2, 0.25) is 0 Å². The Hall–Kier alpha value is -0.300. The molecule has 1 heteroatoms. The molecule has 0 heterocycles. The highest BCUT2D eigenvalue weighted by Gasteiger charge is 2.61. The predicted molar refractivity (Wildman–Crippen MR) is 49.8 cm³/mol. The molecule has 0 amide bonds. The third kappa shape index (κ3) is 0.832. The van der Waals surface area contributed by atoms with E-state index in [1.165, 1.54) is 24.8 Å². The van der Waals surface area contributed by atoms with Crippen molar-refractivity contribution in [3.63, 3.8) is 0 Å². The molecule has 0 aromatic heterocycles. The standard InChI is InChI=1S/C11H18O/c1-3-9-8(2)11(9)7-5-4-6-10(11)12/h9-10,12H,2-7H2,1H3. The molecule has 3 unspecified atom stereocenters. The van der Waals surface area contributed by atoms with Crippen LogP contribution in [0.5, 0.6) is 0 Å². The van der Waals surface area contributed by atoms with Gasteiger partial charge >= 0.3 is 0 Å². The highest BCUT2D eigenvalue weighted by atomic mass is 16.3. The van der Waals surface area contributed by atoms with Crippen molar-refractivity contribution in [1.82, 2.24) is 0 Å². The largest absolute Gasteiger partial charge is 0.392 e. The van der Waals surface area contributed by atoms with Crippen LogP contribution in [0.15, 0.2) is 12.2 Å². The molecule has 68 valence electrons. The molecule has 1 nitrogen and oxygen atoms in total. The average molecular weight is 166 g/mol. The van der Waals surface area contributed by atoms with E-state index in [9.17, 15) is 5.11 Å². The number of hydrogen-bond donors (Lipinski definition) is 1. The average Bonchev–Trinajstić information content (AvgIpc) is 2.64. The van der Waals surface area contributed by atoms with Crippen molar-refractivity contribution >= 4 is 0 Å². The topological polar surface area (TPSA) is 20.2 Å². The molecular weight excluding hydrogens is 148 g/mol. The van der Waals surface area contributed by atoms with Crippen molar-refractivity contribution in [3.05, 3.63) is 12.2 Å². The van der Waals surface area contributed by atoms with Crippen LogP contribution in [-0.2, 0) is 0 Å². The van der Waals surface area contributed by atoms with Gasteiger partial charge in [0, 0.05) is 5.41 Å². The molecule has 0 radical (unpaired) electrons. The van der Waals surface area contributed by atoms with Crippen LogP contribution in [-0.4, -0.2) is 11.2 Å². The van der Waals surface area contributed by atoms with Crippen LogP contribution in [0.25, 0.3) is 0 Å². The Morgan fingerprint density at radius 2 is 2.33 bits per heavy atom. The second kappa shape index (κ2) is 2.59. The predicted octanol–water partition coefficient (Wildman–Crippen LogP) is 2.50. The van der Waals surface area contributed by atoms with Gasteiger partial charge in [-0.15, -0.1) is 0 Å². The normalized spacial score (nSPS) is 46.7. The monoisotopic (exact) mass is 166 g/mol. The van der Waals surface area contributed by atoms with E-state index < -0.39 is 0 Å². The van der Waals surface area contributed by atoms with Gasteiger partial charge in [-0.3, -0.25) is 0 Å². The molecule has 0 saturated heterocycles. The lowest BCUT2D eigenvalue weighted by Crippen LogP contribution is -2.27. The van der Waals surface area contributed by atoms with Crippen LogP contribution < -0.4 is 0 Å². The van der Waals surface area contributed by atoms with Gasteiger partial charge < -0.3 is 5.11 Å². The Labute approximate surface area is 74.5 Å². The fourth-order valence-corrected chi connectivity index (χ4v) is 3.11. The van der Waals surface area contributed by atoms with Gasteiger partial charge in [0.25, 0.3) is 0 Å². The van der Waals surface area contributed by atoms with Gasteiger partial charge in [0.15, 0.2) is 0 Å². The molecule has 2 aliphatic carbocycles. The van der Waals surface area contributed by atoms with Crippen LogP contribution in [0, 0.1) is 11.3 Å². The molecule has 2 rings (SSSR count). The zero-order chi connectivity index (χ0) is 8.77. The number of aliphatic hydroxyl groups is 1. The Morgan fingerprint density at radius 1 is 1.58 bits per heavy atom. The smallest absolute Gasteiger partial charge is 0.0639 e. The fourth-order valence-electron chi connectivity index (χ4n) is 3.11. The molecule has 2 fully saturated rings. The van der Waals surface area contributed by atoms with Gasteiger partial charge in [0.1, 0.15) is 0 Å². The van der Waals surface area contributed by atoms with Gasteiger partial charge in [-0.05, 0) is 25.2 Å². The van der Waals surface area contributed by atoms with E-state index in [1.54, 1.807) is 0 Å². The first-order valence-corrected chi connectivity index (χ1v) is 5.10. The van der Waals surface area contributed by atoms with E-state index in [-0.39, 0.29) is 11.5 Å². The molecule has 3 atom stereocenters. The Bertz CT molecular complexity index is 209. The van der Waals surface area contributed by atoms with E-state index in [2.05, 4.69) is 13.5 Å². The van der Waals surface area contributed by atoms with Crippen molar-refractivity contribution in [3.8, 4) is 0 Å². The summed E-state index contributed by atoms with van der Waals surface area (Å²) in [6, 6.07) is 0. The first kappa shape index (κ1) is 8.31. The molecular formula is C11H18O. The quantitative estimate of drug-likeness (QED) is 0.593. The molecule has 1 N–H and O–H groups in total. The van der Waals surface area contributed by atoms with E-state index in [0.717, 1.165) is 12.8 Å². The minimum Gasteiger partial charge on any atom is -0.392 e. The second-order valence-electron chi connectivity index (χ2n) is 4.29. The molecule has 2 saturated carbocycles. The maximum Gasteiger partial charge on any atom is 0.0639 e. The van der Waals surface area contributed by atoms with Gasteiger partial charge in [0.05, 0.1) is 6.10 Å². The zero-order valence-electron chi connectivity index (χ0n) is 7.84. The number of aliphatic hydroxyl groups excluding tert-OH is 1. The minimum atomic E-state index is -0.0799. The Kier molecular flexibility index (Phi) is 1.80. The maximum absolute atomic E-state index is 9.91. The summed E-state index contributed by atoms with van der Waals surface area (Å²) in [6.07, 6.45) is 5.75. The summed E-state index contributed by atoms with van der Waals surface area (Å²) in [7, 11) is 0. The third-order valence-electron chi connectivity index (χ3n) is 3.88. The lowest BCUT2D eigenvalue weighted by Gasteiger charge is -2.28. The van der Waals surface area contributed by atoms with Crippen molar-refractivity contribution < 1.29 is 5.11 Å². The summed E-state index contributed by atoms with van der Waals surface area (Å²) in [6.45, 7) is 6.29. The highest BCUT2D eigenvalue weighted by Crippen LogP contribution is 2.66. The van der Waals surface area contributed by atoms with Crippen molar-refractivity contribution in [1.29, 1.82) is 0 Å². The molecule has 0 aliphatic heterocycles. The molecule has 0 bridgehead atoms. The van der Waals surface area contributed by atoms with Gasteiger partial charge in [-0.1, -0.05) is 31.9 Å². The minimum absolute atomic E-state index is 0.0799. The van der Waals surface area contributed by atoms with E-state index in [4.69, 9.17) is 0 Å². The first-order chi connectivity index (χ1) is 5.73. The van der Waals surface area contributed by atoms with Crippen molar-refractivity contribution in [2.45, 2.75) is 45.1 Å². The van der Waals surface area contributed by atoms with Crippen molar-refractivity contribution in [2.24, 2.45) is 11.3 Å². The van der Waals surface area contributed by atoms with E-state index in [1.807, 2.05) is 0 Å². The SMILES string of the molecule is C=C1C(CC)C12CCCCC2O. The number of rotatable bonds is 1. The maximum atomic E-state index is 9.91. The van der Waals surface area contributed by atoms with Gasteiger partial charge in [-0.2, -0.15) is 0 Å². The summed E-state index contributed by atoms with van der Waals surface area (Å²) < 4.78 is 0. The summed E-state index contributed by atoms with van der Waals surface area (Å²) in [4.78, 5) is 0. The lowest BCUT2D eigenvalue weighted by molar-refractivity contribution is 0.0501. The summed E-state index contributed by atoms with van der Waals surface area (Å²) >= 11 is 0. The van der Waals surface area contributed by atoms with E-state index in [0.29, 0.717) is 5.92 Å². The van der Waals surface area contributed by atoms with Crippen LogP contribution in [0.4, 0.5) is 0 Å². The Balaban J connectivity index is 2.15. The molecule has 0 aromatic carbocycles. The molecule has 2 aliphatic rings. The first-order valence-electron chi connectivity index (χ1n) is 5.10. The lowest BCUT2D eigenvalue weighted by atomic mass is 9.81. The van der Waals surface area contributed by atoms with Crippen LogP contribution in [0.2, 0.25) is 0 Å². The van der Waals surface area contributed by atoms with E-state index >= 15 is 0 Å². The second-order valence-corrected chi connectivity index (χ2v) is 4.29.